The van der Waals surface area contributed by atoms with E-state index in [2.05, 4.69) is 47.9 Å². The second kappa shape index (κ2) is 35.6. The Labute approximate surface area is 674 Å². The fourth-order valence-electron chi connectivity index (χ4n) is 14.7. The number of hydrogen-bond donors (Lipinski definition) is 20. The van der Waals surface area contributed by atoms with Gasteiger partial charge in [-0.05, 0) is 157 Å². The number of carbonyl (C=O) groups excluding carboxylic acids is 9. The first-order valence-corrected chi connectivity index (χ1v) is 38.1. The number of aromatic hydroxyl groups is 3. The zero-order chi connectivity index (χ0) is 84.3. The molecular weight excluding hydrogens is 1550 g/mol. The van der Waals surface area contributed by atoms with Crippen LogP contribution in [0.1, 0.15) is 127 Å². The molecule has 35 nitrogen and oxygen atoms in total. The van der Waals surface area contributed by atoms with Crippen LogP contribution in [0.25, 0.3) is 21.9 Å². The summed E-state index contributed by atoms with van der Waals surface area (Å²) in [5.74, 6) is -14.8. The molecule has 2 saturated heterocycles. The van der Waals surface area contributed by atoms with Gasteiger partial charge in [0, 0.05) is 47.8 Å². The van der Waals surface area contributed by atoms with Crippen molar-refractivity contribution in [1.82, 2.24) is 47.9 Å². The number of nitrogens with two attached hydrogens (primary N) is 2. The first kappa shape index (κ1) is 85.1. The molecule has 622 valence electrons. The highest BCUT2D eigenvalue weighted by atomic mass is 35.5. The maximum absolute atomic E-state index is 16.3. The topological polar surface area (TPSA) is 551 Å². The largest absolute Gasteiger partial charge is 0.508 e. The van der Waals surface area contributed by atoms with Gasteiger partial charge in [-0.15, -0.1) is 0 Å². The molecule has 0 radical (unpaired) electrons. The number of benzene rings is 7. The number of aliphatic hydroxyl groups is 6. The lowest BCUT2D eigenvalue weighted by Crippen LogP contribution is -2.64. The summed E-state index contributed by atoms with van der Waals surface area (Å²) in [6.07, 6.45) is -18.3. The predicted molar refractivity (Wildman–Crippen MR) is 415 cm³/mol. The van der Waals surface area contributed by atoms with Crippen molar-refractivity contribution < 1.29 is 118 Å². The number of aliphatic hydroxyl groups excluding tert-OH is 6. The molecule has 11 bridgehead atoms. The van der Waals surface area contributed by atoms with Crippen LogP contribution < -0.4 is 73.5 Å². The van der Waals surface area contributed by atoms with Crippen molar-refractivity contribution in [1.29, 1.82) is 0 Å². The van der Waals surface area contributed by atoms with Crippen LogP contribution in [-0.2, 0) is 52.6 Å². The normalized spacial score (nSPS) is 26.9. The Morgan fingerprint density at radius 1 is 0.684 bits per heavy atom. The van der Waals surface area contributed by atoms with Crippen molar-refractivity contribution in [3.8, 4) is 57.1 Å². The smallest absolute Gasteiger partial charge is 0.251 e. The van der Waals surface area contributed by atoms with Gasteiger partial charge in [0.2, 0.25) is 59.3 Å². The lowest BCUT2D eigenvalue weighted by Gasteiger charge is -2.47. The Hall–Kier alpha value is -11.3. The summed E-state index contributed by atoms with van der Waals surface area (Å²) in [7, 11) is 1.49. The van der Waals surface area contributed by atoms with Gasteiger partial charge in [-0.1, -0.05) is 74.0 Å². The number of aryl methyl sites for hydroxylation is 1. The molecular formula is C81H92ClN11O24. The van der Waals surface area contributed by atoms with Gasteiger partial charge in [-0.3, -0.25) is 43.2 Å². The molecule has 7 aromatic carbocycles. The molecule has 0 aliphatic carbocycles. The molecule has 7 heterocycles. The van der Waals surface area contributed by atoms with Crippen LogP contribution in [0.5, 0.6) is 46.0 Å². The Morgan fingerprint density at radius 3 is 2.02 bits per heavy atom. The number of carbonyl (C=O) groups is 9. The molecule has 14 rings (SSSR count). The van der Waals surface area contributed by atoms with E-state index in [1.54, 1.807) is 18.2 Å². The Balaban J connectivity index is 1.02. The molecule has 0 saturated carbocycles. The minimum absolute atomic E-state index is 0.0101. The van der Waals surface area contributed by atoms with Crippen LogP contribution >= 0.6 is 11.6 Å². The Kier molecular flexibility index (Phi) is 25.9. The number of amides is 9. The highest BCUT2D eigenvalue weighted by Gasteiger charge is 2.52. The van der Waals surface area contributed by atoms with Crippen LogP contribution in [0.2, 0.25) is 5.02 Å². The van der Waals surface area contributed by atoms with Crippen molar-refractivity contribution in [3.05, 3.63) is 165 Å². The number of halogens is 1. The second-order valence-electron chi connectivity index (χ2n) is 30.2. The Bertz CT molecular complexity index is 5000. The molecule has 0 spiro atoms. The lowest BCUT2D eigenvalue weighted by molar-refractivity contribution is -0.333. The van der Waals surface area contributed by atoms with Gasteiger partial charge >= 0.3 is 0 Å². The van der Waals surface area contributed by atoms with Crippen LogP contribution in [0.4, 0.5) is 0 Å². The molecule has 2 fully saturated rings. The third-order valence-electron chi connectivity index (χ3n) is 21.0. The summed E-state index contributed by atoms with van der Waals surface area (Å²) in [6, 6.07) is 13.4. The molecule has 117 heavy (non-hydrogen) atoms. The highest BCUT2D eigenvalue weighted by Crippen LogP contribution is 2.50. The van der Waals surface area contributed by atoms with E-state index in [-0.39, 0.29) is 72.0 Å². The number of likely N-dealkylation sites (N-methyl/N-ethyl adjacent to an activating group) is 1. The summed E-state index contributed by atoms with van der Waals surface area (Å²) in [4.78, 5) is 134. The van der Waals surface area contributed by atoms with Crippen molar-refractivity contribution in [2.45, 2.75) is 170 Å². The van der Waals surface area contributed by atoms with Gasteiger partial charge in [-0.2, -0.15) is 0 Å². The average molecular weight is 1640 g/mol. The number of primary amides is 1. The third-order valence-corrected chi connectivity index (χ3v) is 21.3. The molecule has 36 heteroatoms. The third kappa shape index (κ3) is 18.7. The number of rotatable bonds is 18. The Morgan fingerprint density at radius 2 is 1.34 bits per heavy atom. The summed E-state index contributed by atoms with van der Waals surface area (Å²) in [6.45, 7) is 7.06. The number of phenols is 3. The zero-order valence-electron chi connectivity index (χ0n) is 64.1. The molecule has 18 unspecified atom stereocenters. The van der Waals surface area contributed by atoms with Crippen LogP contribution in [0, 0.1) is 12.8 Å². The zero-order valence-corrected chi connectivity index (χ0v) is 64.8. The monoisotopic (exact) mass is 1640 g/mol. The fraction of sp³-hybridized carbons (Fsp3) is 0.395. The maximum atomic E-state index is 16.3. The van der Waals surface area contributed by atoms with Crippen LogP contribution in [0.3, 0.4) is 0 Å². The van der Waals surface area contributed by atoms with E-state index in [1.165, 1.54) is 58.2 Å². The maximum Gasteiger partial charge on any atom is 0.251 e. The minimum atomic E-state index is -2.33. The molecule has 7 aliphatic rings. The van der Waals surface area contributed by atoms with Gasteiger partial charge in [0.15, 0.2) is 23.9 Å². The van der Waals surface area contributed by atoms with Crippen molar-refractivity contribution in [3.63, 3.8) is 0 Å². The van der Waals surface area contributed by atoms with Gasteiger partial charge in [-0.25, -0.2) is 0 Å². The number of fused-ring (bicyclic) bond motifs is 16. The quantitative estimate of drug-likeness (QED) is 0.0544. The number of phenolic OH excluding ortho intramolecular Hbond substituents is 3. The van der Waals surface area contributed by atoms with Gasteiger partial charge < -0.3 is 134 Å². The first-order chi connectivity index (χ1) is 55.6. The van der Waals surface area contributed by atoms with Crippen LogP contribution in [-0.4, -0.2) is 205 Å². The molecule has 22 N–H and O–H groups in total. The highest BCUT2D eigenvalue weighted by molar-refractivity contribution is 6.32. The summed E-state index contributed by atoms with van der Waals surface area (Å²) in [5, 5.41) is 130. The van der Waals surface area contributed by atoms with E-state index >= 15 is 24.0 Å². The van der Waals surface area contributed by atoms with Gasteiger partial charge in [0.1, 0.15) is 95.5 Å². The molecule has 0 aromatic heterocycles. The average Bonchev–Trinajstić information content (AvgIpc) is 0.763. The van der Waals surface area contributed by atoms with Crippen molar-refractivity contribution in [2.24, 2.45) is 17.4 Å². The minimum Gasteiger partial charge on any atom is -0.508 e. The van der Waals surface area contributed by atoms with E-state index < -0.39 is 237 Å². The van der Waals surface area contributed by atoms with Crippen LogP contribution in [0.15, 0.2) is 121 Å². The standard InChI is InChI=1S/C81H92ClN11O24/c1-34(2)22-48(85-6)73(105)92-63-65(99)40-15-18-52(35(3)23-40)113-54-27-43-28-55(69(54)117-80-70(68(102)67(101)56(33-94)115-80)116-58-32-81(5,84)71(103)36(4)112-58)114-53-19-16-41(26-47(53)82)66(100)64-79(111)91-62(75(107)87-21-9-20-86-72(104)42-13-12-37-10-7-8-11-38(37)24-42)46-29-44(95)30-51(97)59(46)45-25-39(14-17-50(45)96)60(76(108)93-64)90-77(109)61(43)89-74(106)49(31-57(83)98)88-78(63)110/h7-8,10-19,23-30,34,36,48-49,56,58,60-68,70-71,80,85,94-97,99-103H,9,20-22,31-33,84H2,1-6H3,(H2,83,98)(H,86,104)(H,87,107)(H,88,110)(H,89,106)(H,90,109)(H,91,111)(H,92,105)(H,93,108). The predicted octanol–water partition coefficient (Wildman–Crippen LogP) is 1.77. The van der Waals surface area contributed by atoms with Gasteiger partial charge in [0.05, 0.1) is 36.3 Å². The molecule has 7 aromatic rings. The SMILES string of the molecule is CNC(CC(C)C)C(=O)NC1C(=O)NC(CC(N)=O)C(=O)NC2C(=O)NC3C(=O)NC(C(=O)NC(C(=O)NCCCNC(=O)c4ccc5ccccc5c4)c4cc(O)cc(O)c4-c4cc3ccc4O)C(O)c3ccc(c(Cl)c3)Oc3cc2cc(c3OC2OC(CO)C(O)C(O)C2OC2CC(C)(N)C(O)C(C)O2)Oc2ccc(cc2C)C1O. The van der Waals surface area contributed by atoms with E-state index in [0.717, 1.165) is 59.3 Å². The van der Waals surface area contributed by atoms with Crippen molar-refractivity contribution in [2.75, 3.05) is 26.7 Å². The fourth-order valence-corrected chi connectivity index (χ4v) is 15.0. The number of ether oxygens (including phenoxy) is 6. The van der Waals surface area contributed by atoms with E-state index in [4.69, 9.17) is 51.5 Å². The summed E-state index contributed by atoms with van der Waals surface area (Å²) < 4.78 is 38.9. The summed E-state index contributed by atoms with van der Waals surface area (Å²) in [5.41, 5.74) is 9.21. The molecule has 7 aliphatic heterocycles. The first-order valence-electron chi connectivity index (χ1n) is 37.7. The van der Waals surface area contributed by atoms with Gasteiger partial charge in [0.25, 0.3) is 5.91 Å². The van der Waals surface area contributed by atoms with E-state index in [9.17, 15) is 65.1 Å². The lowest BCUT2D eigenvalue weighted by atomic mass is 9.86. The summed E-state index contributed by atoms with van der Waals surface area (Å²) >= 11 is 7.20. The van der Waals surface area contributed by atoms with E-state index in [1.807, 2.05) is 38.1 Å². The molecule has 18 atom stereocenters. The van der Waals surface area contributed by atoms with Crippen molar-refractivity contribution >= 4 is 75.5 Å². The number of hydrogen-bond acceptors (Lipinski definition) is 26. The second-order valence-corrected chi connectivity index (χ2v) is 30.6. The number of nitrogens with one attached hydrogen (secondary N) is 9. The van der Waals surface area contributed by atoms with E-state index in [0.29, 0.717) is 5.56 Å². The molecule has 9 amide bonds.